The summed E-state index contributed by atoms with van der Waals surface area (Å²) in [5, 5.41) is 113. The Kier molecular flexibility index (Phi) is 10.3. The van der Waals surface area contributed by atoms with E-state index >= 15 is 0 Å². The van der Waals surface area contributed by atoms with Crippen LogP contribution in [0.3, 0.4) is 0 Å². The average Bonchev–Trinajstić information content (AvgIpc) is 3.11. The van der Waals surface area contributed by atoms with Crippen molar-refractivity contribution in [3.8, 4) is 62.9 Å². The number of ether oxygens (including phenoxy) is 5. The molecule has 2 saturated heterocycles. The molecular formula is C34H34O19. The quantitative estimate of drug-likeness (QED) is 0.0802. The predicted octanol–water partition coefficient (Wildman–Crippen LogP) is -0.460. The number of aromatic hydroxyl groups is 6. The molecule has 2 fully saturated rings. The highest BCUT2D eigenvalue weighted by molar-refractivity contribution is 5.91. The lowest BCUT2D eigenvalue weighted by Crippen LogP contribution is -2.62. The topological polar surface area (TPSA) is 316 Å². The second-order valence-corrected chi connectivity index (χ2v) is 12.4. The number of aliphatic hydroxyl groups is 5. The highest BCUT2D eigenvalue weighted by Crippen LogP contribution is 2.43. The molecule has 0 aromatic heterocycles. The highest BCUT2D eigenvalue weighted by atomic mass is 16.7. The molecule has 6 rings (SSSR count). The van der Waals surface area contributed by atoms with E-state index in [0.29, 0.717) is 0 Å². The molecule has 4 aliphatic rings. The first-order chi connectivity index (χ1) is 25.0. The van der Waals surface area contributed by atoms with E-state index < -0.39 is 119 Å². The SMILES string of the molecule is CC1OC(OCC2OC(Oc3cc4c(O)cc(=O)cc-4oc3-c3ccc(O)c(O)c3)C(OC(=O)c3cc(O)c(O)c(O)c3)C(O)C2O)C(O)C(O)C1O. The van der Waals surface area contributed by atoms with Crippen LogP contribution in [0, 0.1) is 0 Å². The monoisotopic (exact) mass is 746 g/mol. The number of phenolic OH excluding ortho intramolecular Hbond substituents is 6. The van der Waals surface area contributed by atoms with Crippen LogP contribution in [-0.2, 0) is 18.9 Å². The molecule has 0 bridgehead atoms. The second-order valence-electron chi connectivity index (χ2n) is 12.4. The number of carbonyl (C=O) groups excluding carboxylic acids is 1. The van der Waals surface area contributed by atoms with E-state index in [0.717, 1.165) is 36.4 Å². The first-order valence-corrected chi connectivity index (χ1v) is 15.8. The fourth-order valence-corrected chi connectivity index (χ4v) is 5.77. The Bertz CT molecular complexity index is 1990. The number of phenols is 6. The standard InChI is InChI=1S/C34H34O19/c1-11-24(41)27(44)29(46)33(49-11)48-10-23-26(43)28(45)31(53-32(47)13-5-19(39)25(42)20(40)6-13)34(52-23)51-22-9-15-17(37)7-14(35)8-21(15)50-30(22)12-2-3-16(36)18(38)4-12/h2-9,11,23-24,26-29,31,33-34,36-46H,10H2,1H3. The molecular weight excluding hydrogens is 712 g/mol. The van der Waals surface area contributed by atoms with Crippen molar-refractivity contribution in [3.05, 3.63) is 64.3 Å². The molecule has 0 saturated carbocycles. The van der Waals surface area contributed by atoms with Gasteiger partial charge in [0.1, 0.15) is 48.1 Å². The van der Waals surface area contributed by atoms with Gasteiger partial charge in [0.25, 0.3) is 0 Å². The number of hydrogen-bond donors (Lipinski definition) is 11. The lowest BCUT2D eigenvalue weighted by atomic mass is 9.98. The molecule has 0 amide bonds. The fraction of sp³-hybridized carbons (Fsp3) is 0.353. The Balaban J connectivity index is 1.38. The molecule has 3 aliphatic heterocycles. The third-order valence-corrected chi connectivity index (χ3v) is 8.71. The van der Waals surface area contributed by atoms with Gasteiger partial charge in [-0.1, -0.05) is 0 Å². The molecule has 284 valence electrons. The number of rotatable bonds is 8. The van der Waals surface area contributed by atoms with Crippen LogP contribution >= 0.6 is 0 Å². The van der Waals surface area contributed by atoms with Gasteiger partial charge in [0.2, 0.25) is 6.29 Å². The Morgan fingerprint density at radius 2 is 1.42 bits per heavy atom. The number of carbonyl (C=O) groups is 1. The maximum atomic E-state index is 13.3. The number of fused-ring (bicyclic) bond motifs is 1. The number of aliphatic hydroxyl groups excluding tert-OH is 5. The van der Waals surface area contributed by atoms with Crippen LogP contribution in [0.5, 0.6) is 40.2 Å². The van der Waals surface area contributed by atoms with Crippen molar-refractivity contribution >= 4 is 5.97 Å². The van der Waals surface area contributed by atoms with Crippen LogP contribution in [0.25, 0.3) is 22.6 Å². The summed E-state index contributed by atoms with van der Waals surface area (Å²) in [6, 6.07) is 8.02. The summed E-state index contributed by atoms with van der Waals surface area (Å²) in [4.78, 5) is 25.4. The van der Waals surface area contributed by atoms with E-state index in [1.807, 2.05) is 0 Å². The Labute approximate surface area is 297 Å². The van der Waals surface area contributed by atoms with Gasteiger partial charge in [-0.15, -0.1) is 0 Å². The number of hydrogen-bond acceptors (Lipinski definition) is 19. The molecule has 3 heterocycles. The largest absolute Gasteiger partial charge is 0.507 e. The number of benzene rings is 3. The van der Waals surface area contributed by atoms with Gasteiger partial charge in [0, 0.05) is 17.7 Å². The zero-order valence-electron chi connectivity index (χ0n) is 27.3. The molecule has 10 atom stereocenters. The minimum absolute atomic E-state index is 0.0335. The van der Waals surface area contributed by atoms with Crippen molar-refractivity contribution in [1.82, 2.24) is 0 Å². The van der Waals surface area contributed by atoms with E-state index in [2.05, 4.69) is 0 Å². The van der Waals surface area contributed by atoms with Crippen LogP contribution in [0.1, 0.15) is 17.3 Å². The smallest absolute Gasteiger partial charge is 0.339 e. The van der Waals surface area contributed by atoms with Gasteiger partial charge in [0.15, 0.2) is 58.1 Å². The Hall–Kier alpha value is -5.38. The van der Waals surface area contributed by atoms with Crippen LogP contribution < -0.4 is 10.2 Å². The summed E-state index contributed by atoms with van der Waals surface area (Å²) in [5.41, 5.74) is -1.21. The van der Waals surface area contributed by atoms with Crippen LogP contribution in [0.4, 0.5) is 0 Å². The predicted molar refractivity (Wildman–Crippen MR) is 172 cm³/mol. The highest BCUT2D eigenvalue weighted by Gasteiger charge is 2.50. The summed E-state index contributed by atoms with van der Waals surface area (Å²) in [7, 11) is 0. The summed E-state index contributed by atoms with van der Waals surface area (Å²) in [6.07, 6.45) is -16.9. The van der Waals surface area contributed by atoms with Crippen LogP contribution in [-0.4, -0.2) is 130 Å². The maximum Gasteiger partial charge on any atom is 0.339 e. The zero-order valence-corrected chi connectivity index (χ0v) is 27.3. The third-order valence-electron chi connectivity index (χ3n) is 8.71. The summed E-state index contributed by atoms with van der Waals surface area (Å²) >= 11 is 0. The molecule has 0 radical (unpaired) electrons. The van der Waals surface area contributed by atoms with E-state index in [-0.39, 0.29) is 28.4 Å². The number of esters is 1. The molecule has 0 spiro atoms. The van der Waals surface area contributed by atoms with Gasteiger partial charge in [-0.25, -0.2) is 4.79 Å². The molecule has 11 N–H and O–H groups in total. The minimum Gasteiger partial charge on any atom is -0.507 e. The van der Waals surface area contributed by atoms with Gasteiger partial charge < -0.3 is 84.3 Å². The van der Waals surface area contributed by atoms with Gasteiger partial charge in [-0.2, -0.15) is 0 Å². The second kappa shape index (κ2) is 14.6. The van der Waals surface area contributed by atoms with Crippen molar-refractivity contribution in [2.75, 3.05) is 6.61 Å². The third kappa shape index (κ3) is 7.32. The van der Waals surface area contributed by atoms with Crippen LogP contribution in [0.15, 0.2) is 57.7 Å². The van der Waals surface area contributed by atoms with Gasteiger partial charge in [-0.3, -0.25) is 4.79 Å². The molecule has 19 heteroatoms. The summed E-state index contributed by atoms with van der Waals surface area (Å²) < 4.78 is 34.3. The molecule has 1 aliphatic carbocycles. The Morgan fingerprint density at radius 1 is 0.717 bits per heavy atom. The summed E-state index contributed by atoms with van der Waals surface area (Å²) in [6.45, 7) is 0.724. The van der Waals surface area contributed by atoms with E-state index in [4.69, 9.17) is 28.1 Å². The molecule has 2 aromatic carbocycles. The van der Waals surface area contributed by atoms with Gasteiger partial charge >= 0.3 is 5.97 Å². The first kappa shape index (κ1) is 37.4. The zero-order chi connectivity index (χ0) is 38.5. The maximum absolute atomic E-state index is 13.3. The van der Waals surface area contributed by atoms with Crippen molar-refractivity contribution in [2.45, 2.75) is 68.3 Å². The van der Waals surface area contributed by atoms with Gasteiger partial charge in [0.05, 0.1) is 23.8 Å². The fourth-order valence-electron chi connectivity index (χ4n) is 5.77. The molecule has 10 unspecified atom stereocenters. The van der Waals surface area contributed by atoms with E-state index in [1.54, 1.807) is 0 Å². The Morgan fingerprint density at radius 3 is 2.09 bits per heavy atom. The van der Waals surface area contributed by atoms with Crippen molar-refractivity contribution in [2.24, 2.45) is 0 Å². The first-order valence-electron chi connectivity index (χ1n) is 15.8. The van der Waals surface area contributed by atoms with Crippen molar-refractivity contribution < 1.29 is 89.1 Å². The average molecular weight is 747 g/mol. The lowest BCUT2D eigenvalue weighted by Gasteiger charge is -2.43. The molecule has 19 nitrogen and oxygen atoms in total. The van der Waals surface area contributed by atoms with E-state index in [9.17, 15) is 65.8 Å². The van der Waals surface area contributed by atoms with Gasteiger partial charge in [-0.05, 0) is 43.3 Å². The normalized spacial score (nSPS) is 28.8. The van der Waals surface area contributed by atoms with Crippen molar-refractivity contribution in [1.29, 1.82) is 0 Å². The van der Waals surface area contributed by atoms with Crippen LogP contribution in [0.2, 0.25) is 0 Å². The summed E-state index contributed by atoms with van der Waals surface area (Å²) in [5.74, 6) is -6.47. The van der Waals surface area contributed by atoms with E-state index in [1.165, 1.54) is 19.1 Å². The molecule has 53 heavy (non-hydrogen) atoms. The molecule has 2 aromatic rings. The minimum atomic E-state index is -2.07. The lowest BCUT2D eigenvalue weighted by molar-refractivity contribution is -0.318. The van der Waals surface area contributed by atoms with Crippen molar-refractivity contribution in [3.63, 3.8) is 0 Å².